The van der Waals surface area contributed by atoms with E-state index in [-0.39, 0.29) is 0 Å². The number of methoxy groups -OCH3 is 1. The molecule has 0 aliphatic heterocycles. The monoisotopic (exact) mass is 418 g/mol. The summed E-state index contributed by atoms with van der Waals surface area (Å²) in [5.41, 5.74) is 0.678. The molecule has 1 unspecified atom stereocenters. The van der Waals surface area contributed by atoms with Crippen LogP contribution in [0.1, 0.15) is 17.3 Å². The second-order valence-electron chi connectivity index (χ2n) is 5.89. The van der Waals surface area contributed by atoms with Gasteiger partial charge in [0.2, 0.25) is 11.9 Å². The average molecular weight is 419 g/mol. The van der Waals surface area contributed by atoms with Crippen LogP contribution >= 0.6 is 11.6 Å². The van der Waals surface area contributed by atoms with E-state index in [0.29, 0.717) is 22.0 Å². The first-order valence-corrected chi connectivity index (χ1v) is 8.85. The summed E-state index contributed by atoms with van der Waals surface area (Å²) < 4.78 is 9.96. The number of amides is 2. The van der Waals surface area contributed by atoms with Gasteiger partial charge in [-0.15, -0.1) is 0 Å². The first-order valence-electron chi connectivity index (χ1n) is 8.47. The average Bonchev–Trinajstić information content (AvgIpc) is 2.70. The van der Waals surface area contributed by atoms with Gasteiger partial charge in [0.05, 0.1) is 7.11 Å². The first kappa shape index (κ1) is 21.9. The van der Waals surface area contributed by atoms with Gasteiger partial charge in [-0.3, -0.25) is 14.4 Å². The van der Waals surface area contributed by atoms with E-state index in [2.05, 4.69) is 10.6 Å². The third-order valence-corrected chi connectivity index (χ3v) is 3.97. The summed E-state index contributed by atoms with van der Waals surface area (Å²) in [7, 11) is 1.50. The number of nitrogens with one attached hydrogen (secondary N) is 2. The number of hydrogen-bond acceptors (Lipinski definition) is 6. The Hall–Kier alpha value is -3.39. The summed E-state index contributed by atoms with van der Waals surface area (Å²) in [4.78, 5) is 48.3. The topological polar surface area (TPSA) is 111 Å². The smallest absolute Gasteiger partial charge is 0.339 e. The maximum Gasteiger partial charge on any atom is 0.339 e. The normalized spacial score (nSPS) is 11.1. The zero-order valence-electron chi connectivity index (χ0n) is 15.7. The lowest BCUT2D eigenvalue weighted by atomic mass is 10.1. The number of benzene rings is 2. The second kappa shape index (κ2) is 10.2. The number of Topliss-reactive ketones (excluding diaryl/α,β-unsaturated/α-hetero) is 1. The van der Waals surface area contributed by atoms with E-state index in [0.717, 1.165) is 6.92 Å². The summed E-state index contributed by atoms with van der Waals surface area (Å²) in [5.74, 6) is -2.38. The van der Waals surface area contributed by atoms with E-state index in [1.165, 1.54) is 31.4 Å². The van der Waals surface area contributed by atoms with Crippen LogP contribution in [0.5, 0.6) is 5.75 Å². The number of hydrogen-bond donors (Lipinski definition) is 2. The molecule has 0 radical (unpaired) electrons. The second-order valence-corrected chi connectivity index (χ2v) is 6.33. The summed E-state index contributed by atoms with van der Waals surface area (Å²) in [6.45, 7) is 0.562. The van der Waals surface area contributed by atoms with Gasteiger partial charge in [0, 0.05) is 23.2 Å². The Kier molecular flexibility index (Phi) is 7.73. The van der Waals surface area contributed by atoms with Crippen molar-refractivity contribution in [1.82, 2.24) is 5.32 Å². The van der Waals surface area contributed by atoms with E-state index >= 15 is 0 Å². The lowest BCUT2D eigenvalue weighted by Gasteiger charge is -2.16. The maximum absolute atomic E-state index is 12.4. The fourth-order valence-corrected chi connectivity index (χ4v) is 2.39. The number of rotatable bonds is 8. The van der Waals surface area contributed by atoms with Crippen LogP contribution in [0.2, 0.25) is 5.02 Å². The molecule has 0 saturated carbocycles. The number of carbonyl (C=O) groups excluding carboxylic acids is 4. The highest BCUT2D eigenvalue weighted by atomic mass is 35.5. The Bertz CT molecular complexity index is 896. The Morgan fingerprint density at radius 1 is 1.00 bits per heavy atom. The predicted molar refractivity (Wildman–Crippen MR) is 106 cm³/mol. The van der Waals surface area contributed by atoms with Crippen LogP contribution < -0.4 is 15.4 Å². The minimum Gasteiger partial charge on any atom is -0.497 e. The van der Waals surface area contributed by atoms with Crippen molar-refractivity contribution in [3.8, 4) is 5.75 Å². The van der Waals surface area contributed by atoms with E-state index in [9.17, 15) is 19.2 Å². The van der Waals surface area contributed by atoms with Gasteiger partial charge < -0.3 is 20.1 Å². The highest BCUT2D eigenvalue weighted by Crippen LogP contribution is 2.15. The summed E-state index contributed by atoms with van der Waals surface area (Å²) in [5, 5.41) is 5.17. The van der Waals surface area contributed by atoms with E-state index in [1.807, 2.05) is 0 Å². The fourth-order valence-electron chi connectivity index (χ4n) is 2.26. The number of carbonyl (C=O) groups is 4. The molecule has 2 aromatic carbocycles. The number of anilines is 1. The van der Waals surface area contributed by atoms with Crippen LogP contribution in [0.4, 0.5) is 5.69 Å². The van der Waals surface area contributed by atoms with Gasteiger partial charge >= 0.3 is 5.97 Å². The van der Waals surface area contributed by atoms with Crippen molar-refractivity contribution in [2.24, 2.45) is 0 Å². The number of ether oxygens (including phenoxy) is 2. The van der Waals surface area contributed by atoms with Crippen LogP contribution in [0, 0.1) is 0 Å². The van der Waals surface area contributed by atoms with Gasteiger partial charge in [-0.05, 0) is 48.5 Å². The van der Waals surface area contributed by atoms with Gasteiger partial charge in [0.25, 0.3) is 5.91 Å². The molecule has 0 fully saturated rings. The lowest BCUT2D eigenvalue weighted by Crippen LogP contribution is -2.49. The highest BCUT2D eigenvalue weighted by molar-refractivity contribution is 6.30. The summed E-state index contributed by atoms with van der Waals surface area (Å²) in [6, 6.07) is 10.8. The molecule has 1 atom stereocenters. The number of halogens is 1. The van der Waals surface area contributed by atoms with Crippen molar-refractivity contribution in [2.75, 3.05) is 19.0 Å². The molecule has 0 saturated heterocycles. The maximum atomic E-state index is 12.4. The molecular formula is C20H19ClN2O6. The molecule has 8 nitrogen and oxygen atoms in total. The number of esters is 1. The minimum absolute atomic E-state index is 0.293. The first-order chi connectivity index (χ1) is 13.8. The SMILES string of the molecule is COc1ccc(NC(=O)C(NC(C)=O)C(=O)OCC(=O)c2ccc(Cl)cc2)cc1. The largest absolute Gasteiger partial charge is 0.497 e. The minimum atomic E-state index is -1.62. The third kappa shape index (κ3) is 6.62. The molecule has 29 heavy (non-hydrogen) atoms. The molecule has 2 aromatic rings. The van der Waals surface area contributed by atoms with Gasteiger partial charge in [-0.2, -0.15) is 0 Å². The van der Waals surface area contributed by atoms with Gasteiger partial charge in [-0.1, -0.05) is 11.6 Å². The van der Waals surface area contributed by atoms with E-state index in [1.54, 1.807) is 24.3 Å². The van der Waals surface area contributed by atoms with Crippen molar-refractivity contribution in [3.63, 3.8) is 0 Å². The standard InChI is InChI=1S/C20H19ClN2O6/c1-12(24)22-18(19(26)23-15-7-9-16(28-2)10-8-15)20(27)29-11-17(25)13-3-5-14(21)6-4-13/h3-10,18H,11H2,1-2H3,(H,22,24)(H,23,26). The van der Waals surface area contributed by atoms with E-state index < -0.39 is 36.2 Å². The molecule has 2 rings (SSSR count). The molecule has 0 spiro atoms. The molecular weight excluding hydrogens is 400 g/mol. The van der Waals surface area contributed by atoms with Crippen LogP contribution in [-0.4, -0.2) is 43.3 Å². The van der Waals surface area contributed by atoms with Crippen molar-refractivity contribution < 1.29 is 28.7 Å². The molecule has 0 heterocycles. The highest BCUT2D eigenvalue weighted by Gasteiger charge is 2.30. The zero-order valence-corrected chi connectivity index (χ0v) is 16.5. The predicted octanol–water partition coefficient (Wildman–Crippen LogP) is 2.22. The molecule has 0 bridgehead atoms. The molecule has 9 heteroatoms. The molecule has 2 N–H and O–H groups in total. The van der Waals surface area contributed by atoms with Gasteiger partial charge in [0.15, 0.2) is 12.4 Å². The molecule has 0 aliphatic carbocycles. The van der Waals surface area contributed by atoms with Crippen molar-refractivity contribution >= 4 is 40.9 Å². The Morgan fingerprint density at radius 2 is 1.62 bits per heavy atom. The van der Waals surface area contributed by atoms with Crippen molar-refractivity contribution in [1.29, 1.82) is 0 Å². The van der Waals surface area contributed by atoms with Crippen LogP contribution in [0.15, 0.2) is 48.5 Å². The quantitative estimate of drug-likeness (QED) is 0.386. The van der Waals surface area contributed by atoms with Gasteiger partial charge in [0.1, 0.15) is 5.75 Å². The fraction of sp³-hybridized carbons (Fsp3) is 0.200. The van der Waals surface area contributed by atoms with Crippen molar-refractivity contribution in [2.45, 2.75) is 13.0 Å². The Labute approximate surface area is 172 Å². The summed E-state index contributed by atoms with van der Waals surface area (Å²) >= 11 is 5.76. The molecule has 2 amide bonds. The van der Waals surface area contributed by atoms with Crippen LogP contribution in [0.3, 0.4) is 0 Å². The molecule has 0 aliphatic rings. The van der Waals surface area contributed by atoms with Gasteiger partial charge in [-0.25, -0.2) is 4.79 Å². The zero-order chi connectivity index (χ0) is 21.4. The third-order valence-electron chi connectivity index (χ3n) is 3.71. The lowest BCUT2D eigenvalue weighted by molar-refractivity contribution is -0.149. The van der Waals surface area contributed by atoms with Crippen LogP contribution in [-0.2, 0) is 19.1 Å². The molecule has 152 valence electrons. The molecule has 0 aromatic heterocycles. The van der Waals surface area contributed by atoms with Crippen molar-refractivity contribution in [3.05, 3.63) is 59.1 Å². The Morgan fingerprint density at radius 3 is 2.17 bits per heavy atom. The van der Waals surface area contributed by atoms with Crippen LogP contribution in [0.25, 0.3) is 0 Å². The van der Waals surface area contributed by atoms with E-state index in [4.69, 9.17) is 21.1 Å². The Balaban J connectivity index is 2.02. The summed E-state index contributed by atoms with van der Waals surface area (Å²) in [6.07, 6.45) is 0. The number of ketones is 1.